The van der Waals surface area contributed by atoms with E-state index in [9.17, 15) is 66.6 Å². The summed E-state index contributed by atoms with van der Waals surface area (Å²) in [6.07, 6.45) is 18.6. The second-order valence-corrected chi connectivity index (χ2v) is 27.7. The maximum absolute atomic E-state index is 11.9. The molecule has 26 heteroatoms. The topological polar surface area (TPSA) is 256 Å². The number of nitrogens with two attached hydrogens (primary N) is 2. The molecule has 14 nitrogen and oxygen atoms in total. The number of amides is 2. The number of hydrogen-bond acceptors (Lipinski definition) is 18. The highest BCUT2D eigenvalue weighted by Gasteiger charge is 2.41. The fraction of sp³-hybridized carbons (Fsp3) is 0.963. The van der Waals surface area contributed by atoms with Crippen LogP contribution >= 0.6 is 70.6 Å². The van der Waals surface area contributed by atoms with Gasteiger partial charge in [0.05, 0.1) is 36.6 Å². The normalized spacial score (nSPS) is 33.6. The zero-order valence-electron chi connectivity index (χ0n) is 48.7. The van der Waals surface area contributed by atoms with Gasteiger partial charge in [-0.15, -0.1) is 0 Å². The summed E-state index contributed by atoms with van der Waals surface area (Å²) in [5.74, 6) is -0.671. The molecule has 14 N–H and O–H groups in total. The fourth-order valence-electron chi connectivity index (χ4n) is 12.1. The molecule has 6 saturated carbocycles. The zero-order chi connectivity index (χ0) is 60.6. The van der Waals surface area contributed by atoms with Crippen molar-refractivity contribution in [2.45, 2.75) is 196 Å². The monoisotopic (exact) mass is 1270 g/mol. The second-order valence-electron chi connectivity index (χ2n) is 21.7. The van der Waals surface area contributed by atoms with Crippen molar-refractivity contribution in [3.63, 3.8) is 0 Å². The second kappa shape index (κ2) is 43.0. The van der Waals surface area contributed by atoms with Gasteiger partial charge in [-0.25, -0.2) is 0 Å². The third-order valence-corrected chi connectivity index (χ3v) is 23.9. The minimum absolute atomic E-state index is 0.00674. The van der Waals surface area contributed by atoms with Crippen LogP contribution in [0.2, 0.25) is 0 Å². The number of alkyl halides is 6. The summed E-state index contributed by atoms with van der Waals surface area (Å²) in [6.45, 7) is 3.69. The van der Waals surface area contributed by atoms with Crippen LogP contribution in [0.15, 0.2) is 0 Å². The highest BCUT2D eigenvalue weighted by atomic mass is 32.2. The minimum atomic E-state index is -4.81. The van der Waals surface area contributed by atoms with Gasteiger partial charge in [0.25, 0.3) is 0 Å². The Kier molecular flexibility index (Phi) is 42.0. The summed E-state index contributed by atoms with van der Waals surface area (Å²) in [6, 6.07) is 0. The molecule has 2 amide bonds. The first-order chi connectivity index (χ1) is 37.9. The first-order valence-corrected chi connectivity index (χ1v) is 36.3. The van der Waals surface area contributed by atoms with Gasteiger partial charge in [0.1, 0.15) is 0 Å². The van der Waals surface area contributed by atoms with Gasteiger partial charge in [0.15, 0.2) is 0 Å². The van der Waals surface area contributed by atoms with Crippen molar-refractivity contribution < 1.29 is 66.6 Å². The number of aliphatic hydroxyl groups is 6. The van der Waals surface area contributed by atoms with Crippen molar-refractivity contribution in [3.05, 3.63) is 0 Å². The van der Waals surface area contributed by atoms with Gasteiger partial charge in [-0.2, -0.15) is 96.9 Å². The molecule has 0 aromatic rings. The van der Waals surface area contributed by atoms with Gasteiger partial charge >= 0.3 is 24.2 Å². The highest BCUT2D eigenvalue weighted by Crippen LogP contribution is 2.40. The fourth-order valence-corrected chi connectivity index (χ4v) is 18.8. The molecule has 0 spiro atoms. The molecule has 18 atom stereocenters. The van der Waals surface area contributed by atoms with Crippen LogP contribution in [-0.4, -0.2) is 214 Å². The van der Waals surface area contributed by atoms with E-state index in [1.165, 1.54) is 49.2 Å². The average Bonchev–Trinajstić information content (AvgIpc) is 4.29. The van der Waals surface area contributed by atoms with E-state index in [1.54, 1.807) is 23.5 Å². The summed E-state index contributed by atoms with van der Waals surface area (Å²) in [5, 5.41) is 69.5. The largest absolute Gasteiger partial charge is 0.471 e. The van der Waals surface area contributed by atoms with E-state index < -0.39 is 24.2 Å². The molecule has 0 radical (unpaired) electrons. The average molecular weight is 1270 g/mol. The molecule has 0 aliphatic heterocycles. The Morgan fingerprint density at radius 1 is 0.375 bits per heavy atom. The molecule has 0 bridgehead atoms. The van der Waals surface area contributed by atoms with Crippen LogP contribution in [-0.2, 0) is 9.59 Å². The maximum atomic E-state index is 11.9. The predicted octanol–water partition coefficient (Wildman–Crippen LogP) is 6.99. The number of carbonyl (C=O) groups is 2. The lowest BCUT2D eigenvalue weighted by Gasteiger charge is -2.20. The van der Waals surface area contributed by atoms with Gasteiger partial charge in [-0.1, -0.05) is 0 Å². The Bertz CT molecular complexity index is 1510. The van der Waals surface area contributed by atoms with E-state index in [0.717, 1.165) is 102 Å². The van der Waals surface area contributed by atoms with Crippen molar-refractivity contribution >= 4 is 82.4 Å². The molecule has 80 heavy (non-hydrogen) atoms. The van der Waals surface area contributed by atoms with Crippen LogP contribution < -0.4 is 32.7 Å². The molecule has 6 aliphatic rings. The van der Waals surface area contributed by atoms with Gasteiger partial charge in [-0.05, 0) is 229 Å². The van der Waals surface area contributed by atoms with Crippen molar-refractivity contribution in [2.75, 3.05) is 90.9 Å². The Balaban J connectivity index is 0.000000485. The van der Waals surface area contributed by atoms with Crippen molar-refractivity contribution in [1.29, 1.82) is 0 Å². The van der Waals surface area contributed by atoms with E-state index in [0.29, 0.717) is 58.5 Å². The summed E-state index contributed by atoms with van der Waals surface area (Å²) >= 11 is 10.3. The van der Waals surface area contributed by atoms with Gasteiger partial charge in [-0.3, -0.25) is 9.59 Å². The molecular weight excluding hydrogens is 1170 g/mol. The Hall–Kier alpha value is 0.220. The van der Waals surface area contributed by atoms with E-state index in [2.05, 4.69) is 35.7 Å². The molecule has 6 rings (SSSR count). The Morgan fingerprint density at radius 2 is 0.562 bits per heavy atom. The number of thioether (sulfide) groups is 6. The van der Waals surface area contributed by atoms with E-state index in [4.69, 9.17) is 11.5 Å². The smallest absolute Gasteiger partial charge is 0.392 e. The lowest BCUT2D eigenvalue weighted by molar-refractivity contribution is -0.173. The van der Waals surface area contributed by atoms with E-state index >= 15 is 0 Å². The molecule has 0 aromatic carbocycles. The predicted molar refractivity (Wildman–Crippen MR) is 328 cm³/mol. The quantitative estimate of drug-likeness (QED) is 0.0488. The summed E-state index contributed by atoms with van der Waals surface area (Å²) < 4.78 is 71.4. The number of halogens is 6. The number of aliphatic hydroxyl groups excluding tert-OH is 6. The van der Waals surface area contributed by atoms with Crippen molar-refractivity contribution in [2.24, 2.45) is 47.0 Å². The zero-order valence-corrected chi connectivity index (χ0v) is 53.6. The third kappa shape index (κ3) is 28.4. The summed E-state index contributed by atoms with van der Waals surface area (Å²) in [4.78, 5) is 21.1. The molecule has 476 valence electrons. The number of carbonyl (C=O) groups excluding carboxylic acids is 2. The first kappa shape index (κ1) is 78.2. The SMILES string of the molecule is CNCC[C@@H]1CC[C@H](O)[C@H]1SC.CNCC[C@H]1CC[C@@H](O)[C@@H]1SC.CS[C@@H]1[C@@H](CCN)CC[C@H]1O.CS[C@@H]1[C@@H](CCNC(=O)C(F)(F)F)CC[C@H]1O.CS[C@H]1[C@H](CCN)CC[C@@H]1O.CS[C@H]1[C@H](CCNC(=O)C(F)(F)F)CC[C@@H]1O. The maximum Gasteiger partial charge on any atom is 0.471 e. The molecule has 6 aliphatic carbocycles. The molecule has 0 aromatic heterocycles. The lowest BCUT2D eigenvalue weighted by atomic mass is 10.0. The van der Waals surface area contributed by atoms with Crippen LogP contribution in [0.3, 0.4) is 0 Å². The highest BCUT2D eigenvalue weighted by molar-refractivity contribution is 8.00. The number of rotatable bonds is 22. The summed E-state index contributed by atoms with van der Waals surface area (Å²) in [7, 11) is 3.97. The van der Waals surface area contributed by atoms with Crippen LogP contribution in [0.5, 0.6) is 0 Å². The molecular formula is C54H104F6N6O8S6. The molecule has 0 saturated heterocycles. The van der Waals surface area contributed by atoms with Gasteiger partial charge in [0, 0.05) is 44.6 Å². The third-order valence-electron chi connectivity index (χ3n) is 16.4. The number of nitrogens with one attached hydrogen (secondary N) is 4. The minimum Gasteiger partial charge on any atom is -0.392 e. The molecule has 0 unspecified atom stereocenters. The lowest BCUT2D eigenvalue weighted by Crippen LogP contribution is -2.38. The Labute approximate surface area is 501 Å². The van der Waals surface area contributed by atoms with Crippen LogP contribution in [0.25, 0.3) is 0 Å². The van der Waals surface area contributed by atoms with E-state index in [1.807, 2.05) is 60.8 Å². The standard InChI is InChI=1S/2C10H16F3NO2S.2C9H19NOS.2C8H17NOS/c2*1-17-8-6(2-3-7(8)15)4-5-14-9(16)10(11,12)13;2*1-10-6-5-7-3-4-8(11)9(7)12-2;2*1-11-8-6(4-5-9)2-3-7(8)10/h2*6-8,15H,2-5H2,1H3,(H,14,16);2*7-11H,3-6H2,1-2H3;2*6-8,10H,2-5,9H2,1H3/t2*6-,7-,8-;2*7-,8-,9-;2*6-,7-,8-/m101010/s1. The first-order valence-electron chi connectivity index (χ1n) is 28.5. The van der Waals surface area contributed by atoms with Crippen molar-refractivity contribution in [1.82, 2.24) is 21.3 Å². The van der Waals surface area contributed by atoms with Crippen LogP contribution in [0, 0.1) is 35.5 Å². The van der Waals surface area contributed by atoms with Crippen LogP contribution in [0.1, 0.15) is 116 Å². The summed E-state index contributed by atoms with van der Waals surface area (Å²) in [5.41, 5.74) is 11.0. The van der Waals surface area contributed by atoms with E-state index in [-0.39, 0.29) is 72.0 Å². The van der Waals surface area contributed by atoms with Crippen LogP contribution in [0.4, 0.5) is 26.3 Å². The Morgan fingerprint density at radius 3 is 0.725 bits per heavy atom. The van der Waals surface area contributed by atoms with Crippen molar-refractivity contribution in [3.8, 4) is 0 Å². The molecule has 6 fully saturated rings. The number of hydrogen-bond donors (Lipinski definition) is 12. The van der Waals surface area contributed by atoms with Gasteiger partial charge < -0.3 is 63.4 Å². The molecule has 0 heterocycles. The van der Waals surface area contributed by atoms with Gasteiger partial charge in [0.2, 0.25) is 0 Å².